The number of halogens is 1. The van der Waals surface area contributed by atoms with E-state index in [1.807, 2.05) is 12.2 Å². The smallest absolute Gasteiger partial charge is 0.137 e. The van der Waals surface area contributed by atoms with Crippen molar-refractivity contribution in [2.75, 3.05) is 6.54 Å². The molecule has 0 bridgehead atoms. The van der Waals surface area contributed by atoms with Crippen molar-refractivity contribution < 1.29 is 5.11 Å². The number of hydrogen-bond acceptors (Lipinski definition) is 2. The van der Waals surface area contributed by atoms with E-state index >= 15 is 0 Å². The van der Waals surface area contributed by atoms with Crippen molar-refractivity contribution in [3.8, 4) is 5.75 Å². The first-order chi connectivity index (χ1) is 8.24. The molecular weight excluding hydrogens is 278 g/mol. The lowest BCUT2D eigenvalue weighted by Gasteiger charge is -2.12. The van der Waals surface area contributed by atoms with Crippen LogP contribution in [0, 0.1) is 0 Å². The molecule has 0 unspecified atom stereocenters. The van der Waals surface area contributed by atoms with Crippen molar-refractivity contribution in [3.63, 3.8) is 0 Å². The minimum Gasteiger partial charge on any atom is -0.506 e. The highest BCUT2D eigenvalue weighted by Gasteiger charge is 2.16. The molecule has 1 aromatic rings. The summed E-state index contributed by atoms with van der Waals surface area (Å²) >= 11 is 3.53. The van der Waals surface area contributed by atoms with Gasteiger partial charge in [0.05, 0.1) is 4.47 Å². The first kappa shape index (κ1) is 12.7. The van der Waals surface area contributed by atoms with Gasteiger partial charge in [0.2, 0.25) is 0 Å². The maximum absolute atomic E-state index is 10.1. The molecule has 0 fully saturated rings. The van der Waals surface area contributed by atoms with Crippen molar-refractivity contribution in [3.05, 3.63) is 33.3 Å². The molecule has 1 aromatic carbocycles. The van der Waals surface area contributed by atoms with Crippen molar-refractivity contribution in [1.82, 2.24) is 0 Å². The van der Waals surface area contributed by atoms with Crippen LogP contribution in [-0.2, 0) is 12.8 Å². The first-order valence-corrected chi connectivity index (χ1v) is 6.93. The zero-order valence-corrected chi connectivity index (χ0v) is 11.5. The van der Waals surface area contributed by atoms with E-state index in [2.05, 4.69) is 22.0 Å². The monoisotopic (exact) mass is 295 g/mol. The third-order valence-electron chi connectivity index (χ3n) is 3.27. The number of phenols is 1. The molecule has 0 atom stereocenters. The highest BCUT2D eigenvalue weighted by molar-refractivity contribution is 9.10. The number of fused-ring (bicyclic) bond motifs is 1. The van der Waals surface area contributed by atoms with Gasteiger partial charge >= 0.3 is 0 Å². The zero-order chi connectivity index (χ0) is 12.3. The number of nitrogens with two attached hydrogens (primary N) is 1. The molecule has 1 aliphatic rings. The third kappa shape index (κ3) is 2.72. The first-order valence-electron chi connectivity index (χ1n) is 6.14. The summed E-state index contributed by atoms with van der Waals surface area (Å²) in [6.07, 6.45) is 9.65. The molecule has 17 heavy (non-hydrogen) atoms. The Morgan fingerprint density at radius 1 is 1.29 bits per heavy atom. The molecule has 3 heteroatoms. The van der Waals surface area contributed by atoms with Crippen LogP contribution < -0.4 is 5.73 Å². The second kappa shape index (κ2) is 5.69. The molecule has 0 amide bonds. The van der Waals surface area contributed by atoms with Crippen LogP contribution >= 0.6 is 15.9 Å². The maximum Gasteiger partial charge on any atom is 0.137 e. The summed E-state index contributed by atoms with van der Waals surface area (Å²) in [5.41, 5.74) is 8.96. The van der Waals surface area contributed by atoms with Crippen LogP contribution in [0.25, 0.3) is 6.08 Å². The Morgan fingerprint density at radius 3 is 2.82 bits per heavy atom. The van der Waals surface area contributed by atoms with Gasteiger partial charge < -0.3 is 10.8 Å². The molecule has 0 aliphatic heterocycles. The number of aryl methyl sites for hydroxylation is 1. The van der Waals surface area contributed by atoms with E-state index in [1.165, 1.54) is 30.4 Å². The van der Waals surface area contributed by atoms with Gasteiger partial charge in [0.25, 0.3) is 0 Å². The standard InChI is InChI=1S/C14H18BrNO/c15-13-12-7-3-1-2-5-10(12)9-11(14(13)17)6-4-8-16/h4,6,9,17H,1-3,5,7-8,16H2/b6-4+. The predicted octanol–water partition coefficient (Wildman–Crippen LogP) is 3.40. The molecule has 0 aromatic heterocycles. The average Bonchev–Trinajstić information content (AvgIpc) is 2.57. The Labute approximate surface area is 111 Å². The van der Waals surface area contributed by atoms with Crippen molar-refractivity contribution in [1.29, 1.82) is 0 Å². The van der Waals surface area contributed by atoms with Gasteiger partial charge in [-0.05, 0) is 58.8 Å². The topological polar surface area (TPSA) is 46.2 Å². The van der Waals surface area contributed by atoms with Gasteiger partial charge in [-0.15, -0.1) is 0 Å². The van der Waals surface area contributed by atoms with E-state index < -0.39 is 0 Å². The normalized spacial score (nSPS) is 15.9. The van der Waals surface area contributed by atoms with Crippen LogP contribution in [0.15, 0.2) is 16.6 Å². The number of hydrogen-bond donors (Lipinski definition) is 2. The number of benzene rings is 1. The molecule has 0 spiro atoms. The Morgan fingerprint density at radius 2 is 2.06 bits per heavy atom. The van der Waals surface area contributed by atoms with E-state index in [0.717, 1.165) is 22.9 Å². The molecule has 2 nitrogen and oxygen atoms in total. The lowest BCUT2D eigenvalue weighted by molar-refractivity contribution is 0.469. The quantitative estimate of drug-likeness (QED) is 0.822. The van der Waals surface area contributed by atoms with E-state index in [-0.39, 0.29) is 0 Å². The summed E-state index contributed by atoms with van der Waals surface area (Å²) in [6, 6.07) is 2.10. The van der Waals surface area contributed by atoms with Crippen LogP contribution in [0.4, 0.5) is 0 Å². The fourth-order valence-electron chi connectivity index (χ4n) is 2.36. The van der Waals surface area contributed by atoms with Crippen molar-refractivity contribution >= 4 is 22.0 Å². The molecule has 0 saturated carbocycles. The molecule has 0 saturated heterocycles. The Kier molecular flexibility index (Phi) is 4.24. The number of aromatic hydroxyl groups is 1. The van der Waals surface area contributed by atoms with Gasteiger partial charge in [-0.3, -0.25) is 0 Å². The highest BCUT2D eigenvalue weighted by atomic mass is 79.9. The summed E-state index contributed by atoms with van der Waals surface area (Å²) in [6.45, 7) is 0.494. The van der Waals surface area contributed by atoms with Crippen LogP contribution in [-0.4, -0.2) is 11.7 Å². The minimum absolute atomic E-state index is 0.343. The minimum atomic E-state index is 0.343. The third-order valence-corrected chi connectivity index (χ3v) is 4.12. The lowest BCUT2D eigenvalue weighted by Crippen LogP contribution is -1.96. The van der Waals surface area contributed by atoms with Crippen LogP contribution in [0.2, 0.25) is 0 Å². The maximum atomic E-state index is 10.1. The van der Waals surface area contributed by atoms with Gasteiger partial charge in [0.15, 0.2) is 0 Å². The number of phenolic OH excluding ortho intramolecular Hbond substituents is 1. The van der Waals surface area contributed by atoms with Gasteiger partial charge in [-0.1, -0.05) is 18.6 Å². The molecule has 3 N–H and O–H groups in total. The van der Waals surface area contributed by atoms with E-state index in [1.54, 1.807) is 0 Å². The van der Waals surface area contributed by atoms with Crippen molar-refractivity contribution in [2.45, 2.75) is 32.1 Å². The van der Waals surface area contributed by atoms with Crippen LogP contribution in [0.3, 0.4) is 0 Å². The summed E-state index contributed by atoms with van der Waals surface area (Å²) in [5, 5.41) is 10.1. The fraction of sp³-hybridized carbons (Fsp3) is 0.429. The molecule has 0 heterocycles. The van der Waals surface area contributed by atoms with E-state index in [4.69, 9.17) is 5.73 Å². The average molecular weight is 296 g/mol. The van der Waals surface area contributed by atoms with Crippen molar-refractivity contribution in [2.24, 2.45) is 5.73 Å². The molecule has 92 valence electrons. The molecule has 1 aliphatic carbocycles. The highest BCUT2D eigenvalue weighted by Crippen LogP contribution is 2.37. The largest absolute Gasteiger partial charge is 0.506 e. The van der Waals surface area contributed by atoms with Gasteiger partial charge in [0.1, 0.15) is 5.75 Å². The second-order valence-electron chi connectivity index (χ2n) is 4.46. The summed E-state index contributed by atoms with van der Waals surface area (Å²) in [5.74, 6) is 0.343. The second-order valence-corrected chi connectivity index (χ2v) is 5.26. The molecular formula is C14H18BrNO. The van der Waals surface area contributed by atoms with Gasteiger partial charge in [-0.25, -0.2) is 0 Å². The van der Waals surface area contributed by atoms with E-state index in [0.29, 0.717) is 12.3 Å². The number of rotatable bonds is 2. The summed E-state index contributed by atoms with van der Waals surface area (Å²) in [4.78, 5) is 0. The predicted molar refractivity (Wildman–Crippen MR) is 75.2 cm³/mol. The Hall–Kier alpha value is -0.800. The van der Waals surface area contributed by atoms with Gasteiger partial charge in [-0.2, -0.15) is 0 Å². The summed E-state index contributed by atoms with van der Waals surface area (Å²) in [7, 11) is 0. The molecule has 2 rings (SSSR count). The fourth-order valence-corrected chi connectivity index (χ4v) is 3.05. The SMILES string of the molecule is NC/C=C/c1cc2c(c(Br)c1O)CCCCC2. The Balaban J connectivity index is 2.47. The summed E-state index contributed by atoms with van der Waals surface area (Å²) < 4.78 is 0.869. The van der Waals surface area contributed by atoms with E-state index in [9.17, 15) is 5.11 Å². The van der Waals surface area contributed by atoms with Crippen LogP contribution in [0.5, 0.6) is 5.75 Å². The molecule has 0 radical (unpaired) electrons. The van der Waals surface area contributed by atoms with Gasteiger partial charge in [0, 0.05) is 12.1 Å². The van der Waals surface area contributed by atoms with Crippen LogP contribution in [0.1, 0.15) is 36.0 Å². The Bertz CT molecular complexity index is 440. The lowest BCUT2D eigenvalue weighted by atomic mass is 9.99. The zero-order valence-electron chi connectivity index (χ0n) is 9.88.